The molecule has 8 heteroatoms. The molecule has 4 rings (SSSR count). The van der Waals surface area contributed by atoms with E-state index in [1.807, 2.05) is 0 Å². The molecule has 2 heterocycles. The Labute approximate surface area is 155 Å². The molecule has 0 aliphatic carbocycles. The number of nitrogens with one attached hydrogen (secondary N) is 1. The lowest BCUT2D eigenvalue weighted by Gasteiger charge is -2.08. The van der Waals surface area contributed by atoms with E-state index in [0.717, 1.165) is 10.9 Å². The van der Waals surface area contributed by atoms with Crippen LogP contribution in [-0.2, 0) is 16.6 Å². The summed E-state index contributed by atoms with van der Waals surface area (Å²) in [6.07, 6.45) is 3.18. The number of para-hydroxylation sites is 1. The molecule has 0 amide bonds. The van der Waals surface area contributed by atoms with E-state index < -0.39 is 10.0 Å². The number of benzene rings is 2. The van der Waals surface area contributed by atoms with E-state index in [9.17, 15) is 12.8 Å². The summed E-state index contributed by atoms with van der Waals surface area (Å²) in [5.41, 5.74) is 1.12. The number of hydrogen-bond acceptors (Lipinski definition) is 4. The summed E-state index contributed by atoms with van der Waals surface area (Å²) < 4.78 is 42.8. The predicted octanol–water partition coefficient (Wildman–Crippen LogP) is 3.42. The van der Waals surface area contributed by atoms with Crippen LogP contribution in [0.3, 0.4) is 0 Å². The first-order chi connectivity index (χ1) is 13.0. The van der Waals surface area contributed by atoms with Crippen molar-refractivity contribution < 1.29 is 12.8 Å². The van der Waals surface area contributed by atoms with Gasteiger partial charge in [0, 0.05) is 23.8 Å². The molecule has 0 saturated carbocycles. The first-order valence-corrected chi connectivity index (χ1v) is 9.64. The number of rotatable bonds is 5. The van der Waals surface area contributed by atoms with Crippen molar-refractivity contribution in [3.63, 3.8) is 0 Å². The number of pyridine rings is 1. The maximum atomic E-state index is 13.3. The number of hydrogen-bond donors (Lipinski definition) is 1. The molecule has 0 aliphatic heterocycles. The minimum Gasteiger partial charge on any atom is -0.266 e. The van der Waals surface area contributed by atoms with Gasteiger partial charge >= 0.3 is 0 Å². The molecule has 2 aromatic heterocycles. The fourth-order valence-electron chi connectivity index (χ4n) is 2.81. The average molecular weight is 382 g/mol. The second-order valence-electron chi connectivity index (χ2n) is 5.97. The van der Waals surface area contributed by atoms with Gasteiger partial charge in [0.05, 0.1) is 12.1 Å². The number of aromatic nitrogens is 3. The molecule has 2 aromatic carbocycles. The number of fused-ring (bicyclic) bond motifs is 1. The Morgan fingerprint density at radius 2 is 1.85 bits per heavy atom. The summed E-state index contributed by atoms with van der Waals surface area (Å²) in [5, 5.41) is 4.94. The standard InChI is InChI=1S/C19H15FN4O2S/c20-16-7-1-4-14(12-16)13-24-11-9-18(22-24)23-27(25,26)17-8-2-5-15-6-3-10-21-19(15)17/h1-12H,13H2,(H,22,23). The number of halogens is 1. The second kappa shape index (κ2) is 6.81. The fraction of sp³-hybridized carbons (Fsp3) is 0.0526. The maximum Gasteiger partial charge on any atom is 0.265 e. The van der Waals surface area contributed by atoms with Gasteiger partial charge in [-0.2, -0.15) is 5.10 Å². The monoisotopic (exact) mass is 382 g/mol. The van der Waals surface area contributed by atoms with Crippen LogP contribution in [0.4, 0.5) is 10.2 Å². The maximum absolute atomic E-state index is 13.3. The molecule has 0 bridgehead atoms. The third kappa shape index (κ3) is 3.65. The minimum absolute atomic E-state index is 0.0836. The summed E-state index contributed by atoms with van der Waals surface area (Å²) in [6, 6.07) is 16.2. The van der Waals surface area contributed by atoms with Crippen molar-refractivity contribution in [3.8, 4) is 0 Å². The fourth-order valence-corrected chi connectivity index (χ4v) is 3.99. The third-order valence-electron chi connectivity index (χ3n) is 4.00. The topological polar surface area (TPSA) is 76.9 Å². The van der Waals surface area contributed by atoms with E-state index in [2.05, 4.69) is 14.8 Å². The highest BCUT2D eigenvalue weighted by atomic mass is 32.2. The van der Waals surface area contributed by atoms with Gasteiger partial charge in [-0.25, -0.2) is 12.8 Å². The van der Waals surface area contributed by atoms with Crippen LogP contribution < -0.4 is 4.72 Å². The van der Waals surface area contributed by atoms with Crippen molar-refractivity contribution in [1.82, 2.24) is 14.8 Å². The lowest BCUT2D eigenvalue weighted by Crippen LogP contribution is -2.14. The largest absolute Gasteiger partial charge is 0.266 e. The first-order valence-electron chi connectivity index (χ1n) is 8.16. The van der Waals surface area contributed by atoms with Gasteiger partial charge in [-0.3, -0.25) is 14.4 Å². The van der Waals surface area contributed by atoms with Crippen LogP contribution in [-0.4, -0.2) is 23.2 Å². The van der Waals surface area contributed by atoms with Gasteiger partial charge in [0.2, 0.25) is 0 Å². The first kappa shape index (κ1) is 17.2. The van der Waals surface area contributed by atoms with Crippen molar-refractivity contribution >= 4 is 26.7 Å². The highest BCUT2D eigenvalue weighted by Gasteiger charge is 2.19. The molecule has 0 saturated heterocycles. The summed E-state index contributed by atoms with van der Waals surface area (Å²) in [4.78, 5) is 4.26. The van der Waals surface area contributed by atoms with Gasteiger partial charge in [0.15, 0.2) is 5.82 Å². The van der Waals surface area contributed by atoms with Crippen LogP contribution in [0.25, 0.3) is 10.9 Å². The Morgan fingerprint density at radius 1 is 1.04 bits per heavy atom. The summed E-state index contributed by atoms with van der Waals surface area (Å²) in [6.45, 7) is 0.329. The molecule has 0 fully saturated rings. The molecule has 1 N–H and O–H groups in total. The molecule has 0 aliphatic rings. The van der Waals surface area contributed by atoms with E-state index in [-0.39, 0.29) is 16.5 Å². The van der Waals surface area contributed by atoms with Crippen LogP contribution >= 0.6 is 0 Å². The van der Waals surface area contributed by atoms with Crippen LogP contribution in [0.15, 0.2) is 78.0 Å². The predicted molar refractivity (Wildman–Crippen MR) is 100 cm³/mol. The van der Waals surface area contributed by atoms with Gasteiger partial charge in [0.1, 0.15) is 10.7 Å². The molecule has 0 spiro atoms. The Bertz CT molecular complexity index is 1220. The molecule has 0 unspecified atom stereocenters. The minimum atomic E-state index is -3.85. The van der Waals surface area contributed by atoms with E-state index in [0.29, 0.717) is 12.1 Å². The quantitative estimate of drug-likeness (QED) is 0.574. The van der Waals surface area contributed by atoms with Crippen LogP contribution in [0.2, 0.25) is 0 Å². The number of nitrogens with zero attached hydrogens (tertiary/aromatic N) is 3. The van der Waals surface area contributed by atoms with E-state index in [1.54, 1.807) is 54.9 Å². The van der Waals surface area contributed by atoms with Crippen LogP contribution in [0.1, 0.15) is 5.56 Å². The third-order valence-corrected chi connectivity index (χ3v) is 5.38. The zero-order valence-electron chi connectivity index (χ0n) is 14.1. The smallest absolute Gasteiger partial charge is 0.265 e. The molecule has 136 valence electrons. The van der Waals surface area contributed by atoms with Gasteiger partial charge in [-0.15, -0.1) is 0 Å². The molecular formula is C19H15FN4O2S. The Balaban J connectivity index is 1.59. The van der Waals surface area contributed by atoms with Gasteiger partial charge in [-0.1, -0.05) is 30.3 Å². The normalized spacial score (nSPS) is 11.6. The van der Waals surface area contributed by atoms with E-state index >= 15 is 0 Å². The zero-order valence-corrected chi connectivity index (χ0v) is 14.9. The van der Waals surface area contributed by atoms with Crippen molar-refractivity contribution in [2.75, 3.05) is 4.72 Å². The van der Waals surface area contributed by atoms with Crippen molar-refractivity contribution in [3.05, 3.63) is 84.4 Å². The lowest BCUT2D eigenvalue weighted by atomic mass is 10.2. The molecule has 6 nitrogen and oxygen atoms in total. The lowest BCUT2D eigenvalue weighted by molar-refractivity contribution is 0.601. The van der Waals surface area contributed by atoms with Gasteiger partial charge in [-0.05, 0) is 29.8 Å². The second-order valence-corrected chi connectivity index (χ2v) is 7.62. The Kier molecular flexibility index (Phi) is 4.33. The van der Waals surface area contributed by atoms with Crippen LogP contribution in [0.5, 0.6) is 0 Å². The molecule has 0 atom stereocenters. The SMILES string of the molecule is O=S(=O)(Nc1ccn(Cc2cccc(F)c2)n1)c1cccc2cccnc12. The summed E-state index contributed by atoms with van der Waals surface area (Å²) >= 11 is 0. The van der Waals surface area contributed by atoms with E-state index in [1.165, 1.54) is 22.9 Å². The summed E-state index contributed by atoms with van der Waals surface area (Å²) in [7, 11) is -3.85. The van der Waals surface area contributed by atoms with Gasteiger partial charge in [0.25, 0.3) is 10.0 Å². The number of sulfonamides is 1. The Morgan fingerprint density at radius 3 is 2.70 bits per heavy atom. The average Bonchev–Trinajstić information content (AvgIpc) is 3.07. The highest BCUT2D eigenvalue weighted by molar-refractivity contribution is 7.93. The van der Waals surface area contributed by atoms with Crippen molar-refractivity contribution in [2.45, 2.75) is 11.4 Å². The van der Waals surface area contributed by atoms with Gasteiger partial charge < -0.3 is 0 Å². The molecule has 4 aromatic rings. The van der Waals surface area contributed by atoms with Crippen LogP contribution in [0, 0.1) is 5.82 Å². The van der Waals surface area contributed by atoms with E-state index in [4.69, 9.17) is 0 Å². The highest BCUT2D eigenvalue weighted by Crippen LogP contribution is 2.22. The van der Waals surface area contributed by atoms with Crippen molar-refractivity contribution in [2.24, 2.45) is 0 Å². The number of anilines is 1. The zero-order chi connectivity index (χ0) is 18.9. The molecular weight excluding hydrogens is 367 g/mol. The molecule has 0 radical (unpaired) electrons. The molecule has 27 heavy (non-hydrogen) atoms. The Hall–Kier alpha value is -3.26. The summed E-state index contributed by atoms with van der Waals surface area (Å²) in [5.74, 6) is -0.150. The van der Waals surface area contributed by atoms with Crippen molar-refractivity contribution in [1.29, 1.82) is 0 Å².